The second-order valence-electron chi connectivity index (χ2n) is 10.9. The van der Waals surface area contributed by atoms with Gasteiger partial charge in [-0.25, -0.2) is 13.9 Å². The SMILES string of the molecule is CC(C)(C)C(=O)OCOP(=O)(OCOC(=O)C(C)(C)C)c1cn(CC2=C(O)C(F)[C@H](n3ccc(=O)[nH]c3=O)O2)nn1. The fraction of sp³-hybridized carbons (Fsp3) is 0.565. The largest absolute Gasteiger partial charge is 0.506 e. The highest BCUT2D eigenvalue weighted by Gasteiger charge is 2.40. The molecule has 1 aliphatic heterocycles. The van der Waals surface area contributed by atoms with E-state index < -0.39 is 85.3 Å². The van der Waals surface area contributed by atoms with Crippen LogP contribution in [-0.4, -0.2) is 61.3 Å². The van der Waals surface area contributed by atoms with Gasteiger partial charge >= 0.3 is 25.2 Å². The van der Waals surface area contributed by atoms with Crippen molar-refractivity contribution in [3.8, 4) is 0 Å². The van der Waals surface area contributed by atoms with Crippen molar-refractivity contribution in [2.24, 2.45) is 10.8 Å². The van der Waals surface area contributed by atoms with E-state index >= 15 is 0 Å². The Bertz CT molecular complexity index is 1450. The number of allylic oxidation sites excluding steroid dienone is 1. The zero-order valence-corrected chi connectivity index (χ0v) is 24.0. The van der Waals surface area contributed by atoms with Gasteiger partial charge in [0.2, 0.25) is 26.0 Å². The van der Waals surface area contributed by atoms with E-state index in [0.717, 1.165) is 27.7 Å². The van der Waals surface area contributed by atoms with Gasteiger partial charge in [-0.1, -0.05) is 5.21 Å². The van der Waals surface area contributed by atoms with E-state index in [2.05, 4.69) is 10.3 Å². The minimum absolute atomic E-state index is 0.341. The van der Waals surface area contributed by atoms with Crippen LogP contribution >= 0.6 is 7.60 Å². The summed E-state index contributed by atoms with van der Waals surface area (Å²) in [5.41, 5.74) is -3.84. The molecule has 18 heteroatoms. The van der Waals surface area contributed by atoms with Crippen molar-refractivity contribution >= 4 is 25.0 Å². The first kappa shape index (κ1) is 31.7. The Labute approximate surface area is 232 Å². The average molecular weight is 603 g/mol. The van der Waals surface area contributed by atoms with Crippen molar-refractivity contribution in [3.05, 3.63) is 50.8 Å². The predicted octanol–water partition coefficient (Wildman–Crippen LogP) is 1.41. The third-order valence-electron chi connectivity index (χ3n) is 5.35. The van der Waals surface area contributed by atoms with E-state index in [9.17, 15) is 33.2 Å². The first-order valence-corrected chi connectivity index (χ1v) is 13.6. The molecule has 2 aromatic heterocycles. The monoisotopic (exact) mass is 603 g/mol. The summed E-state index contributed by atoms with van der Waals surface area (Å²) in [6, 6.07) is 0.977. The second kappa shape index (κ2) is 12.0. The van der Waals surface area contributed by atoms with Gasteiger partial charge in [-0.2, -0.15) is 0 Å². The molecule has 3 heterocycles. The summed E-state index contributed by atoms with van der Waals surface area (Å²) < 4.78 is 55.9. The number of hydrogen-bond donors (Lipinski definition) is 2. The lowest BCUT2D eigenvalue weighted by Crippen LogP contribution is -2.34. The molecule has 0 amide bonds. The molecule has 0 saturated carbocycles. The van der Waals surface area contributed by atoms with Crippen molar-refractivity contribution in [2.45, 2.75) is 60.5 Å². The number of nitrogens with zero attached hydrogens (tertiary/aromatic N) is 4. The standard InChI is InChI=1S/C23H31FN5O11P/c1-22(2,3)19(32)36-11-38-41(35,39-12-37-20(33)23(4,5)6)15-10-28(27-26-15)9-13-17(31)16(24)18(40-13)29-8-7-14(30)25-21(29)34/h7-8,10,16,18,31H,9,11-12H2,1-6H3,(H,25,30,34)/t16?,18-/m1/s1. The highest BCUT2D eigenvalue weighted by Crippen LogP contribution is 2.46. The Hall–Kier alpha value is -3.82. The van der Waals surface area contributed by atoms with Crippen LogP contribution in [0.25, 0.3) is 0 Å². The number of H-pyrrole nitrogens is 1. The highest BCUT2D eigenvalue weighted by atomic mass is 31.2. The molecule has 0 fully saturated rings. The number of nitrogens with one attached hydrogen (secondary N) is 1. The third-order valence-corrected chi connectivity index (χ3v) is 7.01. The number of rotatable bonds is 10. The smallest absolute Gasteiger partial charge is 0.388 e. The molecule has 0 bridgehead atoms. The second-order valence-corrected chi connectivity index (χ2v) is 12.8. The number of aliphatic hydroxyl groups excluding tert-OH is 1. The first-order valence-electron chi connectivity index (χ1n) is 12.1. The molecule has 41 heavy (non-hydrogen) atoms. The number of hydrogen-bond acceptors (Lipinski definition) is 13. The van der Waals surface area contributed by atoms with Crippen LogP contribution in [-0.2, 0) is 44.0 Å². The molecule has 1 aliphatic rings. The highest BCUT2D eigenvalue weighted by molar-refractivity contribution is 7.61. The molecule has 0 aromatic carbocycles. The lowest BCUT2D eigenvalue weighted by Gasteiger charge is -2.20. The van der Waals surface area contributed by atoms with Gasteiger partial charge in [-0.3, -0.25) is 37.5 Å². The van der Waals surface area contributed by atoms with E-state index in [1.807, 2.05) is 4.98 Å². The van der Waals surface area contributed by atoms with E-state index in [1.54, 1.807) is 41.5 Å². The molecule has 0 aliphatic carbocycles. The summed E-state index contributed by atoms with van der Waals surface area (Å²) >= 11 is 0. The van der Waals surface area contributed by atoms with Crippen LogP contribution in [0.2, 0.25) is 0 Å². The summed E-state index contributed by atoms with van der Waals surface area (Å²) in [4.78, 5) is 49.4. The van der Waals surface area contributed by atoms with Gasteiger partial charge in [0.25, 0.3) is 5.56 Å². The molecular formula is C23H31FN5O11P. The zero-order chi connectivity index (χ0) is 30.8. The molecule has 0 saturated heterocycles. The van der Waals surface area contributed by atoms with Crippen LogP contribution in [0.3, 0.4) is 0 Å². The number of aromatic amines is 1. The summed E-state index contributed by atoms with van der Waals surface area (Å²) in [5.74, 6) is -2.51. The zero-order valence-electron chi connectivity index (χ0n) is 23.2. The van der Waals surface area contributed by atoms with E-state index in [0.29, 0.717) is 0 Å². The molecule has 1 unspecified atom stereocenters. The number of carbonyl (C=O) groups is 2. The van der Waals surface area contributed by atoms with Gasteiger partial charge in [-0.05, 0) is 41.5 Å². The molecule has 0 spiro atoms. The summed E-state index contributed by atoms with van der Waals surface area (Å²) in [6.07, 6.45) is -1.71. The number of alkyl halides is 1. The van der Waals surface area contributed by atoms with Crippen molar-refractivity contribution in [1.29, 1.82) is 0 Å². The van der Waals surface area contributed by atoms with Crippen LogP contribution < -0.4 is 16.7 Å². The van der Waals surface area contributed by atoms with E-state index in [-0.39, 0.29) is 5.76 Å². The Morgan fingerprint density at radius 3 is 2.17 bits per heavy atom. The lowest BCUT2D eigenvalue weighted by molar-refractivity contribution is -0.161. The Morgan fingerprint density at radius 2 is 1.66 bits per heavy atom. The maximum atomic E-state index is 14.8. The van der Waals surface area contributed by atoms with Crippen molar-refractivity contribution in [3.63, 3.8) is 0 Å². The molecule has 16 nitrogen and oxygen atoms in total. The number of aromatic nitrogens is 5. The van der Waals surface area contributed by atoms with Crippen molar-refractivity contribution < 1.29 is 46.9 Å². The summed E-state index contributed by atoms with van der Waals surface area (Å²) in [6.45, 7) is 7.53. The summed E-state index contributed by atoms with van der Waals surface area (Å²) in [5, 5.41) is 17.8. The van der Waals surface area contributed by atoms with Crippen LogP contribution in [0.1, 0.15) is 47.8 Å². The fourth-order valence-electron chi connectivity index (χ4n) is 3.04. The van der Waals surface area contributed by atoms with Crippen LogP contribution in [0.5, 0.6) is 0 Å². The van der Waals surface area contributed by atoms with Crippen LogP contribution in [0.4, 0.5) is 4.39 Å². The van der Waals surface area contributed by atoms with Crippen molar-refractivity contribution in [1.82, 2.24) is 24.5 Å². The fourth-order valence-corrected chi connectivity index (χ4v) is 4.18. The molecule has 2 atom stereocenters. The minimum Gasteiger partial charge on any atom is -0.506 e. The average Bonchev–Trinajstić information content (AvgIpc) is 3.44. The Kier molecular flexibility index (Phi) is 9.25. The molecule has 3 rings (SSSR count). The van der Waals surface area contributed by atoms with Gasteiger partial charge in [0.1, 0.15) is 6.54 Å². The van der Waals surface area contributed by atoms with Crippen LogP contribution in [0, 0.1) is 10.8 Å². The van der Waals surface area contributed by atoms with E-state index in [4.69, 9.17) is 23.3 Å². The third kappa shape index (κ3) is 7.68. The Balaban J connectivity index is 1.77. The van der Waals surface area contributed by atoms with Gasteiger partial charge < -0.3 is 19.3 Å². The minimum atomic E-state index is -4.43. The van der Waals surface area contributed by atoms with Gasteiger partial charge in [0.15, 0.2) is 17.0 Å². The first-order chi connectivity index (χ1) is 18.9. The number of ether oxygens (including phenoxy) is 3. The van der Waals surface area contributed by atoms with Gasteiger partial charge in [0, 0.05) is 12.3 Å². The molecule has 2 aromatic rings. The molecule has 2 N–H and O–H groups in total. The van der Waals surface area contributed by atoms with Gasteiger partial charge in [0.05, 0.1) is 17.0 Å². The number of halogens is 1. The quantitative estimate of drug-likeness (QED) is 0.224. The molecule has 0 radical (unpaired) electrons. The maximum absolute atomic E-state index is 14.8. The maximum Gasteiger partial charge on any atom is 0.388 e. The number of carbonyl (C=O) groups excluding carboxylic acids is 2. The number of esters is 2. The molecular weight excluding hydrogens is 572 g/mol. The molecule has 226 valence electrons. The van der Waals surface area contributed by atoms with Gasteiger partial charge in [-0.15, -0.1) is 5.10 Å². The predicted molar refractivity (Wildman–Crippen MR) is 136 cm³/mol. The summed E-state index contributed by atoms with van der Waals surface area (Å²) in [7, 11) is -4.43. The Morgan fingerprint density at radius 1 is 1.10 bits per heavy atom. The van der Waals surface area contributed by atoms with Crippen molar-refractivity contribution in [2.75, 3.05) is 13.6 Å². The lowest BCUT2D eigenvalue weighted by atomic mass is 9.98. The van der Waals surface area contributed by atoms with E-state index in [1.165, 1.54) is 0 Å². The normalized spacial score (nSPS) is 17.8. The number of aliphatic hydroxyl groups is 1. The topological polar surface area (TPSA) is 203 Å². The van der Waals surface area contributed by atoms with Crippen LogP contribution in [0.15, 0.2) is 39.6 Å².